The number of hydrogen-bond acceptors (Lipinski definition) is 1. The largest absolute Gasteiger partial charge is 3.00 e. The Morgan fingerprint density at radius 3 is 2.50 bits per heavy atom. The smallest absolute Gasteiger partial charge is 0.334 e. The fraction of sp³-hybridized carbons (Fsp3) is 0.750. The second-order valence-corrected chi connectivity index (χ2v) is 3.01. The third kappa shape index (κ3) is 2.71. The van der Waals surface area contributed by atoms with Crippen molar-refractivity contribution in [1.29, 1.82) is 0 Å². The molecule has 0 heterocycles. The van der Waals surface area contributed by atoms with E-state index in [0.29, 0.717) is 17.6 Å². The van der Waals surface area contributed by atoms with Gasteiger partial charge in [-0.25, -0.2) is 0 Å². The van der Waals surface area contributed by atoms with E-state index in [0.717, 1.165) is 12.8 Å². The Labute approximate surface area is 87.8 Å². The van der Waals surface area contributed by atoms with Crippen LogP contribution >= 0.6 is 0 Å². The predicted octanol–water partition coefficient (Wildman–Crippen LogP) is 1.82. The molecule has 0 spiro atoms. The van der Waals surface area contributed by atoms with Gasteiger partial charge in [-0.3, -0.25) is 0 Å². The molecule has 1 aliphatic carbocycles. The molecule has 2 unspecified atom stereocenters. The van der Waals surface area contributed by atoms with Crippen LogP contribution in [-0.4, -0.2) is 5.78 Å². The molecule has 10 heavy (non-hydrogen) atoms. The van der Waals surface area contributed by atoms with Crippen molar-refractivity contribution < 1.29 is 37.5 Å². The summed E-state index contributed by atoms with van der Waals surface area (Å²) in [7, 11) is 0. The molecule has 0 saturated heterocycles. The monoisotopic (exact) mass is 214 g/mol. The van der Waals surface area contributed by atoms with Gasteiger partial charge in [0.25, 0.3) is 0 Å². The number of hydrogen-bond donors (Lipinski definition) is 0. The number of carbonyl (C=O) groups excluding carboxylic acids is 1. The van der Waals surface area contributed by atoms with Crippen molar-refractivity contribution in [2.75, 3.05) is 0 Å². The van der Waals surface area contributed by atoms with Crippen LogP contribution in [0.2, 0.25) is 0 Å². The number of rotatable bonds is 0. The van der Waals surface area contributed by atoms with Crippen LogP contribution in [-0.2, 0) is 37.5 Å². The van der Waals surface area contributed by atoms with Crippen molar-refractivity contribution in [2.24, 2.45) is 11.8 Å². The summed E-state index contributed by atoms with van der Waals surface area (Å²) in [4.78, 5) is 10.8. The molecule has 2 atom stereocenters. The van der Waals surface area contributed by atoms with Gasteiger partial charge >= 0.3 is 32.7 Å². The Bertz CT molecular complexity index is 122. The van der Waals surface area contributed by atoms with Crippen LogP contribution < -0.4 is 0 Å². The van der Waals surface area contributed by atoms with Crippen LogP contribution in [0.1, 0.15) is 26.7 Å². The molecule has 1 rings (SSSR count). The second kappa shape index (κ2) is 4.51. The molecular weight excluding hydrogens is 201 g/mol. The summed E-state index contributed by atoms with van der Waals surface area (Å²) in [5, 5.41) is 0. The van der Waals surface area contributed by atoms with Gasteiger partial charge in [-0.15, -0.1) is 5.92 Å². The van der Waals surface area contributed by atoms with Gasteiger partial charge in [-0.05, 0) is 18.6 Å². The first-order chi connectivity index (χ1) is 4.20. The average molecular weight is 214 g/mol. The Morgan fingerprint density at radius 1 is 1.50 bits per heavy atom. The van der Waals surface area contributed by atoms with Crippen molar-refractivity contribution in [2.45, 2.75) is 26.7 Å². The summed E-state index contributed by atoms with van der Waals surface area (Å²) in [5.41, 5.74) is 0. The molecule has 0 amide bonds. The van der Waals surface area contributed by atoms with Gasteiger partial charge in [0.15, 0.2) is 0 Å². The third-order valence-corrected chi connectivity index (χ3v) is 2.19. The molecule has 1 saturated carbocycles. The third-order valence-electron chi connectivity index (χ3n) is 2.19. The van der Waals surface area contributed by atoms with Crippen molar-refractivity contribution in [1.82, 2.24) is 0 Å². The van der Waals surface area contributed by atoms with Crippen LogP contribution in [0.5, 0.6) is 0 Å². The maximum absolute atomic E-state index is 10.8. The minimum absolute atomic E-state index is 0. The Morgan fingerprint density at radius 2 is 2.10 bits per heavy atom. The zero-order valence-electron chi connectivity index (χ0n) is 6.63. The van der Waals surface area contributed by atoms with E-state index in [-0.39, 0.29) is 32.7 Å². The number of carbonyl (C=O) groups is 1. The fourth-order valence-corrected chi connectivity index (χ4v) is 1.17. The van der Waals surface area contributed by atoms with E-state index < -0.39 is 0 Å². The van der Waals surface area contributed by atoms with E-state index in [4.69, 9.17) is 0 Å². The van der Waals surface area contributed by atoms with E-state index in [9.17, 15) is 4.79 Å². The average Bonchev–Trinajstić information content (AvgIpc) is 1.80. The van der Waals surface area contributed by atoms with E-state index in [1.165, 1.54) is 0 Å². The molecular formula is C8H13OY+2. The van der Waals surface area contributed by atoms with Crippen LogP contribution in [0, 0.1) is 18.3 Å². The quantitative estimate of drug-likeness (QED) is 0.562. The standard InChI is InChI=1S/C8H13O.Y/c1-6-3-4-8(9)5-7(6)2;/h5-7H,3-4H2,1-2H3;/q-1;+3. The van der Waals surface area contributed by atoms with Gasteiger partial charge in [-0.1, -0.05) is 19.8 Å². The summed E-state index contributed by atoms with van der Waals surface area (Å²) in [6.07, 6.45) is 3.70. The fourth-order valence-electron chi connectivity index (χ4n) is 1.17. The minimum atomic E-state index is 0. The van der Waals surface area contributed by atoms with Crippen molar-refractivity contribution in [3.63, 3.8) is 0 Å². The number of Topliss-reactive ketones (excluding diaryl/α,β-unsaturated/α-hetero) is 1. The van der Waals surface area contributed by atoms with Gasteiger partial charge in [0.1, 0.15) is 0 Å². The van der Waals surface area contributed by atoms with Gasteiger partial charge in [0.05, 0.1) is 0 Å². The van der Waals surface area contributed by atoms with E-state index in [2.05, 4.69) is 13.8 Å². The van der Waals surface area contributed by atoms with Crippen LogP contribution in [0.4, 0.5) is 0 Å². The molecule has 0 radical (unpaired) electrons. The van der Waals surface area contributed by atoms with Crippen LogP contribution in [0.15, 0.2) is 0 Å². The number of ketones is 1. The van der Waals surface area contributed by atoms with E-state index in [1.807, 2.05) is 6.42 Å². The Hall–Kier alpha value is 0.644. The molecule has 52 valence electrons. The molecule has 0 aliphatic heterocycles. The molecule has 0 aromatic rings. The Kier molecular flexibility index (Phi) is 4.80. The molecule has 0 aromatic heterocycles. The summed E-state index contributed by atoms with van der Waals surface area (Å²) >= 11 is 0. The molecule has 0 aromatic carbocycles. The predicted molar refractivity (Wildman–Crippen MR) is 36.9 cm³/mol. The van der Waals surface area contributed by atoms with Gasteiger partial charge < -0.3 is 11.2 Å². The summed E-state index contributed by atoms with van der Waals surface area (Å²) in [6.45, 7) is 4.31. The maximum atomic E-state index is 10.8. The zero-order valence-corrected chi connectivity index (χ0v) is 9.47. The minimum Gasteiger partial charge on any atom is -0.334 e. The van der Waals surface area contributed by atoms with Crippen molar-refractivity contribution >= 4 is 5.78 Å². The van der Waals surface area contributed by atoms with Crippen molar-refractivity contribution in [3.8, 4) is 0 Å². The summed E-state index contributed by atoms with van der Waals surface area (Å²) in [6, 6.07) is 0. The summed E-state index contributed by atoms with van der Waals surface area (Å²) in [5.74, 6) is 1.55. The molecule has 2 heteroatoms. The normalized spacial score (nSPS) is 32.4. The second-order valence-electron chi connectivity index (χ2n) is 3.01. The molecule has 1 fully saturated rings. The van der Waals surface area contributed by atoms with Gasteiger partial charge in [0.2, 0.25) is 0 Å². The van der Waals surface area contributed by atoms with E-state index >= 15 is 0 Å². The molecule has 1 aliphatic rings. The molecule has 0 N–H and O–H groups in total. The van der Waals surface area contributed by atoms with Gasteiger partial charge in [0, 0.05) is 0 Å². The molecule has 0 bridgehead atoms. The van der Waals surface area contributed by atoms with Crippen molar-refractivity contribution in [3.05, 3.63) is 6.42 Å². The maximum Gasteiger partial charge on any atom is 3.00 e. The first-order valence-electron chi connectivity index (χ1n) is 3.58. The topological polar surface area (TPSA) is 17.1 Å². The Balaban J connectivity index is 0.000000810. The zero-order chi connectivity index (χ0) is 6.85. The summed E-state index contributed by atoms with van der Waals surface area (Å²) < 4.78 is 0. The van der Waals surface area contributed by atoms with E-state index in [1.54, 1.807) is 0 Å². The molecule has 1 nitrogen and oxygen atoms in total. The first-order valence-corrected chi connectivity index (χ1v) is 3.58. The van der Waals surface area contributed by atoms with Gasteiger partial charge in [-0.2, -0.15) is 0 Å². The van der Waals surface area contributed by atoms with Crippen LogP contribution in [0.3, 0.4) is 0 Å². The van der Waals surface area contributed by atoms with Crippen LogP contribution in [0.25, 0.3) is 0 Å². The SMILES string of the molecule is CC1[CH-]C(=O)CCC1C.[Y+3]. The first kappa shape index (κ1) is 10.6.